The van der Waals surface area contributed by atoms with E-state index in [1.807, 2.05) is 0 Å². The van der Waals surface area contributed by atoms with Crippen LogP contribution >= 0.6 is 0 Å². The van der Waals surface area contributed by atoms with Crippen molar-refractivity contribution in [3.05, 3.63) is 35.6 Å². The Hall–Kier alpha value is -1.46. The number of hydrogen-bond donors (Lipinski definition) is 3. The molecule has 0 heterocycles. The summed E-state index contributed by atoms with van der Waals surface area (Å²) in [7, 11) is 0. The number of hydrogen-bond acceptors (Lipinski definition) is 3. The van der Waals surface area contributed by atoms with Gasteiger partial charge in [0.05, 0.1) is 6.10 Å². The van der Waals surface area contributed by atoms with Crippen LogP contribution in [0.2, 0.25) is 0 Å². The summed E-state index contributed by atoms with van der Waals surface area (Å²) >= 11 is 0. The maximum absolute atomic E-state index is 12.7. The minimum absolute atomic E-state index is 0.00672. The quantitative estimate of drug-likeness (QED) is 0.769. The minimum atomic E-state index is -1.29. The Morgan fingerprint density at radius 1 is 1.32 bits per heavy atom. The van der Waals surface area contributed by atoms with Crippen LogP contribution in [0.15, 0.2) is 24.3 Å². The average Bonchev–Trinajstić information content (AvgIpc) is 2.84. The van der Waals surface area contributed by atoms with E-state index in [0.717, 1.165) is 12.8 Å². The number of carbonyl (C=O) groups is 1. The average molecular weight is 267 g/mol. The van der Waals surface area contributed by atoms with E-state index in [2.05, 4.69) is 5.32 Å². The molecule has 0 radical (unpaired) electrons. The summed E-state index contributed by atoms with van der Waals surface area (Å²) in [5, 5.41) is 22.4. The highest BCUT2D eigenvalue weighted by Crippen LogP contribution is 2.29. The molecule has 3 N–H and O–H groups in total. The molecule has 0 bridgehead atoms. The monoisotopic (exact) mass is 267 g/mol. The van der Waals surface area contributed by atoms with E-state index < -0.39 is 17.6 Å². The smallest absolute Gasteiger partial charge is 0.252 e. The van der Waals surface area contributed by atoms with Crippen LogP contribution in [0.3, 0.4) is 0 Å². The summed E-state index contributed by atoms with van der Waals surface area (Å²) in [6.45, 7) is 0.00672. The second kappa shape index (κ2) is 5.67. The molecule has 1 aromatic carbocycles. The zero-order valence-electron chi connectivity index (χ0n) is 10.6. The molecular formula is C14H18FNO3. The molecule has 1 unspecified atom stereocenters. The van der Waals surface area contributed by atoms with E-state index in [-0.39, 0.29) is 12.4 Å². The Kier molecular flexibility index (Phi) is 4.17. The van der Waals surface area contributed by atoms with E-state index >= 15 is 0 Å². The molecule has 104 valence electrons. The fraction of sp³-hybridized carbons (Fsp3) is 0.500. The maximum atomic E-state index is 12.7. The molecule has 2 rings (SSSR count). The first-order valence-electron chi connectivity index (χ1n) is 6.45. The highest BCUT2D eigenvalue weighted by atomic mass is 19.1. The summed E-state index contributed by atoms with van der Waals surface area (Å²) in [6.07, 6.45) is 1.70. The topological polar surface area (TPSA) is 69.6 Å². The number of amides is 1. The van der Waals surface area contributed by atoms with Gasteiger partial charge in [-0.1, -0.05) is 12.1 Å². The second-order valence-electron chi connectivity index (χ2n) is 5.02. The van der Waals surface area contributed by atoms with Crippen LogP contribution in [0, 0.1) is 5.82 Å². The first-order valence-corrected chi connectivity index (χ1v) is 6.45. The van der Waals surface area contributed by atoms with Crippen LogP contribution in [-0.4, -0.2) is 28.3 Å². The lowest BCUT2D eigenvalue weighted by molar-refractivity contribution is -0.139. The molecule has 1 saturated carbocycles. The summed E-state index contributed by atoms with van der Waals surface area (Å²) in [5.74, 6) is -0.814. The Balaban J connectivity index is 1.88. The molecule has 1 fully saturated rings. The van der Waals surface area contributed by atoms with Gasteiger partial charge >= 0.3 is 0 Å². The molecule has 0 saturated heterocycles. The standard InChI is InChI=1S/C14H18FNO3/c15-11-5-3-10(4-6-11)12(17)9-16-13(18)14(19)7-1-2-8-14/h3-6,12,17,19H,1-2,7-9H2,(H,16,18). The molecule has 0 aromatic heterocycles. The third-order valence-corrected chi connectivity index (χ3v) is 3.56. The van der Waals surface area contributed by atoms with E-state index in [4.69, 9.17) is 0 Å². The second-order valence-corrected chi connectivity index (χ2v) is 5.02. The molecule has 1 aliphatic carbocycles. The van der Waals surface area contributed by atoms with Gasteiger partial charge in [0, 0.05) is 6.54 Å². The van der Waals surface area contributed by atoms with Gasteiger partial charge in [0.1, 0.15) is 11.4 Å². The number of rotatable bonds is 4. The zero-order valence-corrected chi connectivity index (χ0v) is 10.6. The van der Waals surface area contributed by atoms with E-state index in [0.29, 0.717) is 18.4 Å². The predicted molar refractivity (Wildman–Crippen MR) is 67.8 cm³/mol. The summed E-state index contributed by atoms with van der Waals surface area (Å²) < 4.78 is 12.7. The largest absolute Gasteiger partial charge is 0.387 e. The highest BCUT2D eigenvalue weighted by molar-refractivity contribution is 5.85. The Morgan fingerprint density at radius 2 is 1.89 bits per heavy atom. The molecule has 1 aromatic rings. The summed E-state index contributed by atoms with van der Waals surface area (Å²) in [5.41, 5.74) is -0.761. The normalized spacial score (nSPS) is 19.1. The summed E-state index contributed by atoms with van der Waals surface area (Å²) in [4.78, 5) is 11.8. The van der Waals surface area contributed by atoms with Gasteiger partial charge in [-0.2, -0.15) is 0 Å². The Bertz CT molecular complexity index is 441. The van der Waals surface area contributed by atoms with Gasteiger partial charge in [-0.05, 0) is 43.4 Å². The van der Waals surface area contributed by atoms with Crippen molar-refractivity contribution in [2.75, 3.05) is 6.54 Å². The molecule has 19 heavy (non-hydrogen) atoms. The highest BCUT2D eigenvalue weighted by Gasteiger charge is 2.38. The molecule has 0 spiro atoms. The van der Waals surface area contributed by atoms with Gasteiger partial charge in [-0.3, -0.25) is 4.79 Å². The van der Waals surface area contributed by atoms with Crippen LogP contribution in [0.5, 0.6) is 0 Å². The third kappa shape index (κ3) is 3.30. The molecule has 1 atom stereocenters. The molecular weight excluding hydrogens is 249 g/mol. The number of halogens is 1. The summed E-state index contributed by atoms with van der Waals surface area (Å²) in [6, 6.07) is 5.45. The van der Waals surface area contributed by atoms with Crippen LogP contribution in [0.25, 0.3) is 0 Å². The maximum Gasteiger partial charge on any atom is 0.252 e. The Morgan fingerprint density at radius 3 is 2.47 bits per heavy atom. The van der Waals surface area contributed by atoms with Gasteiger partial charge in [0.15, 0.2) is 0 Å². The lowest BCUT2D eigenvalue weighted by Crippen LogP contribution is -2.45. The van der Waals surface area contributed by atoms with Crippen molar-refractivity contribution < 1.29 is 19.4 Å². The molecule has 5 heteroatoms. The molecule has 1 amide bonds. The van der Waals surface area contributed by atoms with Gasteiger partial charge in [0.25, 0.3) is 5.91 Å². The van der Waals surface area contributed by atoms with Crippen LogP contribution in [0.4, 0.5) is 4.39 Å². The zero-order chi connectivity index (χ0) is 13.9. The van der Waals surface area contributed by atoms with Crippen molar-refractivity contribution in [1.82, 2.24) is 5.32 Å². The van der Waals surface area contributed by atoms with E-state index in [1.54, 1.807) is 0 Å². The van der Waals surface area contributed by atoms with Gasteiger partial charge in [0.2, 0.25) is 0 Å². The lowest BCUT2D eigenvalue weighted by Gasteiger charge is -2.22. The van der Waals surface area contributed by atoms with E-state index in [9.17, 15) is 19.4 Å². The van der Waals surface area contributed by atoms with Gasteiger partial charge in [-0.15, -0.1) is 0 Å². The Labute approximate surface area is 111 Å². The number of nitrogens with one attached hydrogen (secondary N) is 1. The number of benzene rings is 1. The van der Waals surface area contributed by atoms with Crippen LogP contribution in [0.1, 0.15) is 37.4 Å². The van der Waals surface area contributed by atoms with Crippen molar-refractivity contribution in [1.29, 1.82) is 0 Å². The minimum Gasteiger partial charge on any atom is -0.387 e. The third-order valence-electron chi connectivity index (χ3n) is 3.56. The van der Waals surface area contributed by atoms with Crippen LogP contribution < -0.4 is 5.32 Å². The first kappa shape index (κ1) is 14.0. The van der Waals surface area contributed by atoms with Gasteiger partial charge < -0.3 is 15.5 Å². The van der Waals surface area contributed by atoms with Gasteiger partial charge in [-0.25, -0.2) is 4.39 Å². The molecule has 0 aliphatic heterocycles. The predicted octanol–water partition coefficient (Wildman–Crippen LogP) is 1.28. The van der Waals surface area contributed by atoms with Crippen molar-refractivity contribution in [2.45, 2.75) is 37.4 Å². The van der Waals surface area contributed by atoms with Crippen molar-refractivity contribution in [3.63, 3.8) is 0 Å². The van der Waals surface area contributed by atoms with Crippen molar-refractivity contribution >= 4 is 5.91 Å². The fourth-order valence-electron chi connectivity index (χ4n) is 2.34. The molecule has 1 aliphatic rings. The number of aliphatic hydroxyl groups is 2. The van der Waals surface area contributed by atoms with Crippen molar-refractivity contribution in [3.8, 4) is 0 Å². The molecule has 4 nitrogen and oxygen atoms in total. The fourth-order valence-corrected chi connectivity index (χ4v) is 2.34. The van der Waals surface area contributed by atoms with E-state index in [1.165, 1.54) is 24.3 Å². The number of carbonyl (C=O) groups excluding carboxylic acids is 1. The van der Waals surface area contributed by atoms with Crippen molar-refractivity contribution in [2.24, 2.45) is 0 Å². The van der Waals surface area contributed by atoms with Crippen LogP contribution in [-0.2, 0) is 4.79 Å². The lowest BCUT2D eigenvalue weighted by atomic mass is 10.0. The first-order chi connectivity index (χ1) is 9.01. The number of aliphatic hydroxyl groups excluding tert-OH is 1. The SMILES string of the molecule is O=C(NCC(O)c1ccc(F)cc1)C1(O)CCCC1.